The van der Waals surface area contributed by atoms with E-state index in [1.54, 1.807) is 0 Å². The second kappa shape index (κ2) is 3.59. The van der Waals surface area contributed by atoms with Crippen molar-refractivity contribution in [2.24, 2.45) is 5.92 Å². The predicted molar refractivity (Wildman–Crippen MR) is 54.3 cm³/mol. The molecule has 1 nitrogen and oxygen atoms in total. The number of halogens is 1. The summed E-state index contributed by atoms with van der Waals surface area (Å²) in [6.07, 6.45) is 2.79. The van der Waals surface area contributed by atoms with Crippen molar-refractivity contribution in [3.8, 4) is 5.75 Å². The molecule has 0 spiro atoms. The predicted octanol–water partition coefficient (Wildman–Crippen LogP) is 3.52. The third-order valence-corrected chi connectivity index (χ3v) is 2.70. The Morgan fingerprint density at radius 3 is 2.38 bits per heavy atom. The maximum absolute atomic E-state index is 5.76. The van der Waals surface area contributed by atoms with Gasteiger partial charge in [0, 0.05) is 5.02 Å². The van der Waals surface area contributed by atoms with Gasteiger partial charge in [-0.15, -0.1) is 0 Å². The van der Waals surface area contributed by atoms with E-state index in [4.69, 9.17) is 16.3 Å². The average molecular weight is 197 g/mol. The van der Waals surface area contributed by atoms with Gasteiger partial charge in [0.2, 0.25) is 0 Å². The average Bonchev–Trinajstić information content (AvgIpc) is 2.06. The maximum Gasteiger partial charge on any atom is 0.119 e. The van der Waals surface area contributed by atoms with E-state index in [1.165, 1.54) is 12.8 Å². The number of ether oxygens (including phenoxy) is 1. The maximum atomic E-state index is 5.76. The Morgan fingerprint density at radius 1 is 1.23 bits per heavy atom. The van der Waals surface area contributed by atoms with E-state index in [2.05, 4.69) is 6.92 Å². The molecule has 0 radical (unpaired) electrons. The molecule has 1 aliphatic carbocycles. The van der Waals surface area contributed by atoms with Crippen LogP contribution in [0.2, 0.25) is 5.02 Å². The lowest BCUT2D eigenvalue weighted by molar-refractivity contribution is 0.0739. The van der Waals surface area contributed by atoms with Crippen molar-refractivity contribution in [3.05, 3.63) is 29.3 Å². The highest BCUT2D eigenvalue weighted by molar-refractivity contribution is 6.30. The summed E-state index contributed by atoms with van der Waals surface area (Å²) < 4.78 is 5.72. The highest BCUT2D eigenvalue weighted by Crippen LogP contribution is 2.30. The third kappa shape index (κ3) is 2.16. The second-order valence-corrected chi connectivity index (χ2v) is 4.21. The van der Waals surface area contributed by atoms with Crippen LogP contribution < -0.4 is 4.74 Å². The zero-order valence-electron chi connectivity index (χ0n) is 7.66. The molecular weight excluding hydrogens is 184 g/mol. The van der Waals surface area contributed by atoms with Crippen molar-refractivity contribution in [1.29, 1.82) is 0 Å². The van der Waals surface area contributed by atoms with Gasteiger partial charge in [-0.05, 0) is 43.0 Å². The molecule has 0 unspecified atom stereocenters. The van der Waals surface area contributed by atoms with Gasteiger partial charge in [-0.25, -0.2) is 0 Å². The van der Waals surface area contributed by atoms with E-state index >= 15 is 0 Å². The van der Waals surface area contributed by atoms with Crippen LogP contribution in [0.4, 0.5) is 0 Å². The number of rotatable bonds is 2. The smallest absolute Gasteiger partial charge is 0.119 e. The molecule has 1 fully saturated rings. The molecule has 0 saturated heterocycles. The molecule has 0 N–H and O–H groups in total. The molecule has 70 valence electrons. The SMILES string of the molecule is CC1CC(Oc2ccc(Cl)cc2)C1. The van der Waals surface area contributed by atoms with Gasteiger partial charge in [0.25, 0.3) is 0 Å². The molecule has 0 aromatic heterocycles. The zero-order chi connectivity index (χ0) is 9.26. The second-order valence-electron chi connectivity index (χ2n) is 3.77. The highest BCUT2D eigenvalue weighted by Gasteiger charge is 2.26. The van der Waals surface area contributed by atoms with Gasteiger partial charge in [-0.1, -0.05) is 18.5 Å². The van der Waals surface area contributed by atoms with Gasteiger partial charge in [0.05, 0.1) is 6.10 Å². The molecule has 0 aliphatic heterocycles. The van der Waals surface area contributed by atoms with Gasteiger partial charge >= 0.3 is 0 Å². The first kappa shape index (κ1) is 8.89. The summed E-state index contributed by atoms with van der Waals surface area (Å²) in [5.41, 5.74) is 0. The number of benzene rings is 1. The van der Waals surface area contributed by atoms with Crippen LogP contribution in [0.25, 0.3) is 0 Å². The Morgan fingerprint density at radius 2 is 1.85 bits per heavy atom. The summed E-state index contributed by atoms with van der Waals surface area (Å²) in [5.74, 6) is 1.76. The Balaban J connectivity index is 1.91. The Hall–Kier alpha value is -0.690. The van der Waals surface area contributed by atoms with Crippen molar-refractivity contribution in [2.45, 2.75) is 25.9 Å². The minimum absolute atomic E-state index is 0.427. The molecule has 0 heterocycles. The van der Waals surface area contributed by atoms with Crippen molar-refractivity contribution in [2.75, 3.05) is 0 Å². The molecule has 0 bridgehead atoms. The first-order valence-corrected chi connectivity index (χ1v) is 5.04. The van der Waals surface area contributed by atoms with Crippen LogP contribution in [-0.2, 0) is 0 Å². The Labute approximate surface area is 83.7 Å². The monoisotopic (exact) mass is 196 g/mol. The van der Waals surface area contributed by atoms with Gasteiger partial charge in [-0.2, -0.15) is 0 Å². The van der Waals surface area contributed by atoms with Crippen LogP contribution in [0.5, 0.6) is 5.75 Å². The quantitative estimate of drug-likeness (QED) is 0.704. The van der Waals surface area contributed by atoms with E-state index in [1.807, 2.05) is 24.3 Å². The van der Waals surface area contributed by atoms with Crippen molar-refractivity contribution in [3.63, 3.8) is 0 Å². The molecular formula is C11H13ClO. The van der Waals surface area contributed by atoms with Crippen molar-refractivity contribution >= 4 is 11.6 Å². The van der Waals surface area contributed by atoms with Crippen molar-refractivity contribution < 1.29 is 4.74 Å². The standard InChI is InChI=1S/C11H13ClO/c1-8-6-11(7-8)13-10-4-2-9(12)3-5-10/h2-5,8,11H,6-7H2,1H3. The number of hydrogen-bond acceptors (Lipinski definition) is 1. The van der Waals surface area contributed by atoms with Crippen LogP contribution in [0.1, 0.15) is 19.8 Å². The van der Waals surface area contributed by atoms with Crippen LogP contribution in [-0.4, -0.2) is 6.10 Å². The topological polar surface area (TPSA) is 9.23 Å². The van der Waals surface area contributed by atoms with Crippen LogP contribution >= 0.6 is 11.6 Å². The van der Waals surface area contributed by atoms with Crippen LogP contribution in [0.3, 0.4) is 0 Å². The lowest BCUT2D eigenvalue weighted by atomic mass is 9.84. The summed E-state index contributed by atoms with van der Waals surface area (Å²) >= 11 is 5.76. The molecule has 13 heavy (non-hydrogen) atoms. The number of hydrogen-bond donors (Lipinski definition) is 0. The summed E-state index contributed by atoms with van der Waals surface area (Å²) in [5, 5.41) is 0.759. The largest absolute Gasteiger partial charge is 0.490 e. The molecule has 1 aliphatic rings. The van der Waals surface area contributed by atoms with E-state index in [0.717, 1.165) is 16.7 Å². The summed E-state index contributed by atoms with van der Waals surface area (Å²) in [7, 11) is 0. The summed E-state index contributed by atoms with van der Waals surface area (Å²) in [6.45, 7) is 2.25. The normalized spacial score (nSPS) is 26.6. The van der Waals surface area contributed by atoms with Gasteiger partial charge in [0.1, 0.15) is 5.75 Å². The van der Waals surface area contributed by atoms with Crippen LogP contribution in [0, 0.1) is 5.92 Å². The van der Waals surface area contributed by atoms with E-state index in [0.29, 0.717) is 6.10 Å². The van der Waals surface area contributed by atoms with Gasteiger partial charge < -0.3 is 4.74 Å². The van der Waals surface area contributed by atoms with Crippen LogP contribution in [0.15, 0.2) is 24.3 Å². The molecule has 2 rings (SSSR count). The van der Waals surface area contributed by atoms with E-state index in [-0.39, 0.29) is 0 Å². The molecule has 1 saturated carbocycles. The first-order chi connectivity index (χ1) is 6.24. The molecule has 2 heteroatoms. The minimum atomic E-state index is 0.427. The fraction of sp³-hybridized carbons (Fsp3) is 0.455. The lowest BCUT2D eigenvalue weighted by Gasteiger charge is -2.32. The molecule has 1 aromatic rings. The first-order valence-electron chi connectivity index (χ1n) is 4.66. The highest BCUT2D eigenvalue weighted by atomic mass is 35.5. The molecule has 0 atom stereocenters. The Kier molecular flexibility index (Phi) is 2.45. The summed E-state index contributed by atoms with van der Waals surface area (Å²) in [6, 6.07) is 7.56. The minimum Gasteiger partial charge on any atom is -0.490 e. The molecule has 1 aromatic carbocycles. The van der Waals surface area contributed by atoms with Gasteiger partial charge in [-0.3, -0.25) is 0 Å². The van der Waals surface area contributed by atoms with E-state index in [9.17, 15) is 0 Å². The zero-order valence-corrected chi connectivity index (χ0v) is 8.42. The molecule has 0 amide bonds. The fourth-order valence-corrected chi connectivity index (χ4v) is 1.76. The third-order valence-electron chi connectivity index (χ3n) is 2.45. The Bertz CT molecular complexity index is 275. The fourth-order valence-electron chi connectivity index (χ4n) is 1.63. The summed E-state index contributed by atoms with van der Waals surface area (Å²) in [4.78, 5) is 0. The van der Waals surface area contributed by atoms with Crippen molar-refractivity contribution in [1.82, 2.24) is 0 Å². The lowest BCUT2D eigenvalue weighted by Crippen LogP contribution is -2.31. The van der Waals surface area contributed by atoms with E-state index < -0.39 is 0 Å². The van der Waals surface area contributed by atoms with Gasteiger partial charge in [0.15, 0.2) is 0 Å².